The van der Waals surface area contributed by atoms with Crippen molar-refractivity contribution >= 4 is 11.7 Å². The number of aromatic nitrogens is 1. The summed E-state index contributed by atoms with van der Waals surface area (Å²) in [6.07, 6.45) is 2.38. The molecule has 2 rings (SSSR count). The highest BCUT2D eigenvalue weighted by Crippen LogP contribution is 2.17. The van der Waals surface area contributed by atoms with Gasteiger partial charge in [-0.15, -0.1) is 0 Å². The van der Waals surface area contributed by atoms with Crippen LogP contribution >= 0.6 is 0 Å². The van der Waals surface area contributed by atoms with Crippen molar-refractivity contribution in [3.8, 4) is 0 Å². The van der Waals surface area contributed by atoms with E-state index in [-0.39, 0.29) is 5.91 Å². The lowest BCUT2D eigenvalue weighted by molar-refractivity contribution is 0.0949. The molecule has 1 fully saturated rings. The molecule has 1 saturated heterocycles. The average molecular weight is 206 g/mol. The van der Waals surface area contributed by atoms with E-state index >= 15 is 0 Å². The molecule has 80 valence electrons. The Balaban J connectivity index is 2.21. The van der Waals surface area contributed by atoms with E-state index in [0.717, 1.165) is 18.9 Å². The lowest BCUT2D eigenvalue weighted by Crippen LogP contribution is -2.31. The first-order chi connectivity index (χ1) is 7.31. The highest BCUT2D eigenvalue weighted by molar-refractivity contribution is 5.92. The normalized spacial score (nSPS) is 15.4. The SMILES string of the molecule is NNC(=O)c1cccc(N2CCCC2)n1. The number of pyridine rings is 1. The maximum Gasteiger partial charge on any atom is 0.283 e. The second-order valence-corrected chi connectivity index (χ2v) is 3.55. The quantitative estimate of drug-likeness (QED) is 0.414. The third kappa shape index (κ3) is 2.07. The number of nitrogens with zero attached hydrogens (tertiary/aromatic N) is 2. The molecule has 3 N–H and O–H groups in total. The molecule has 15 heavy (non-hydrogen) atoms. The molecule has 5 nitrogen and oxygen atoms in total. The van der Waals surface area contributed by atoms with Crippen LogP contribution in [0.25, 0.3) is 0 Å². The molecule has 1 aliphatic heterocycles. The Morgan fingerprint density at radius 2 is 2.13 bits per heavy atom. The van der Waals surface area contributed by atoms with Crippen LogP contribution in [0.1, 0.15) is 23.3 Å². The van der Waals surface area contributed by atoms with Crippen LogP contribution in [-0.4, -0.2) is 24.0 Å². The number of hydrogen-bond donors (Lipinski definition) is 2. The van der Waals surface area contributed by atoms with Gasteiger partial charge in [-0.1, -0.05) is 6.07 Å². The molecular formula is C10H14N4O. The number of nitrogens with two attached hydrogens (primary N) is 1. The summed E-state index contributed by atoms with van der Waals surface area (Å²) in [6, 6.07) is 5.39. The number of hydrogen-bond acceptors (Lipinski definition) is 4. The summed E-state index contributed by atoms with van der Waals surface area (Å²) < 4.78 is 0. The Morgan fingerprint density at radius 1 is 1.40 bits per heavy atom. The molecule has 0 bridgehead atoms. The molecule has 0 aromatic carbocycles. The molecule has 0 aliphatic carbocycles. The van der Waals surface area contributed by atoms with Gasteiger partial charge in [0, 0.05) is 13.1 Å². The number of anilines is 1. The number of carbonyl (C=O) groups excluding carboxylic acids is 1. The van der Waals surface area contributed by atoms with Gasteiger partial charge in [0.25, 0.3) is 5.91 Å². The number of rotatable bonds is 2. The second-order valence-electron chi connectivity index (χ2n) is 3.55. The summed E-state index contributed by atoms with van der Waals surface area (Å²) in [7, 11) is 0. The van der Waals surface area contributed by atoms with E-state index in [4.69, 9.17) is 5.84 Å². The predicted octanol–water partition coefficient (Wildman–Crippen LogP) is 0.285. The predicted molar refractivity (Wildman–Crippen MR) is 57.3 cm³/mol. The molecule has 5 heteroatoms. The molecule has 1 aliphatic rings. The molecule has 1 amide bonds. The van der Waals surface area contributed by atoms with Gasteiger partial charge in [-0.3, -0.25) is 10.2 Å². The third-order valence-electron chi connectivity index (χ3n) is 2.53. The van der Waals surface area contributed by atoms with Gasteiger partial charge in [0.15, 0.2) is 0 Å². The first-order valence-electron chi connectivity index (χ1n) is 5.04. The van der Waals surface area contributed by atoms with Crippen molar-refractivity contribution < 1.29 is 4.79 Å². The van der Waals surface area contributed by atoms with Crippen molar-refractivity contribution in [2.75, 3.05) is 18.0 Å². The summed E-state index contributed by atoms with van der Waals surface area (Å²) in [6.45, 7) is 2.03. The van der Waals surface area contributed by atoms with Crippen molar-refractivity contribution in [1.29, 1.82) is 0 Å². The zero-order valence-corrected chi connectivity index (χ0v) is 8.44. The van der Waals surface area contributed by atoms with Crippen LogP contribution < -0.4 is 16.2 Å². The van der Waals surface area contributed by atoms with Crippen molar-refractivity contribution in [3.05, 3.63) is 23.9 Å². The van der Waals surface area contributed by atoms with Gasteiger partial charge >= 0.3 is 0 Å². The van der Waals surface area contributed by atoms with Gasteiger partial charge in [0.1, 0.15) is 11.5 Å². The van der Waals surface area contributed by atoms with E-state index in [1.54, 1.807) is 6.07 Å². The molecule has 1 aromatic heterocycles. The Hall–Kier alpha value is -1.62. The second kappa shape index (κ2) is 4.27. The van der Waals surface area contributed by atoms with E-state index in [9.17, 15) is 4.79 Å². The molecule has 0 radical (unpaired) electrons. The Kier molecular flexibility index (Phi) is 2.82. The number of amides is 1. The smallest absolute Gasteiger partial charge is 0.283 e. The zero-order valence-electron chi connectivity index (χ0n) is 8.44. The zero-order chi connectivity index (χ0) is 10.7. The molecule has 0 atom stereocenters. The van der Waals surface area contributed by atoms with Crippen molar-refractivity contribution in [3.63, 3.8) is 0 Å². The lowest BCUT2D eigenvalue weighted by atomic mass is 10.3. The first kappa shape index (κ1) is 9.92. The molecule has 2 heterocycles. The topological polar surface area (TPSA) is 71.2 Å². The monoisotopic (exact) mass is 206 g/mol. The highest BCUT2D eigenvalue weighted by Gasteiger charge is 2.14. The van der Waals surface area contributed by atoms with E-state index in [1.165, 1.54) is 12.8 Å². The first-order valence-corrected chi connectivity index (χ1v) is 5.04. The van der Waals surface area contributed by atoms with Gasteiger partial charge in [-0.2, -0.15) is 0 Å². The van der Waals surface area contributed by atoms with Crippen molar-refractivity contribution in [1.82, 2.24) is 10.4 Å². The van der Waals surface area contributed by atoms with Crippen molar-refractivity contribution in [2.45, 2.75) is 12.8 Å². The third-order valence-corrected chi connectivity index (χ3v) is 2.53. The molecular weight excluding hydrogens is 192 g/mol. The summed E-state index contributed by atoms with van der Waals surface area (Å²) in [5.41, 5.74) is 2.44. The number of nitrogen functional groups attached to an aromatic ring is 1. The van der Waals surface area contributed by atoms with Crippen LogP contribution in [0.3, 0.4) is 0 Å². The van der Waals surface area contributed by atoms with Crippen LogP contribution in [0.5, 0.6) is 0 Å². The minimum atomic E-state index is -0.351. The fourth-order valence-electron chi connectivity index (χ4n) is 1.75. The maximum absolute atomic E-state index is 11.3. The van der Waals surface area contributed by atoms with Crippen LogP contribution in [0.4, 0.5) is 5.82 Å². The van der Waals surface area contributed by atoms with E-state index < -0.39 is 0 Å². The fourth-order valence-corrected chi connectivity index (χ4v) is 1.75. The van der Waals surface area contributed by atoms with Gasteiger partial charge in [0.05, 0.1) is 0 Å². The summed E-state index contributed by atoms with van der Waals surface area (Å²) in [5, 5.41) is 0. The summed E-state index contributed by atoms with van der Waals surface area (Å²) in [5.74, 6) is 5.56. The van der Waals surface area contributed by atoms with Crippen LogP contribution in [0, 0.1) is 0 Å². The summed E-state index contributed by atoms with van der Waals surface area (Å²) in [4.78, 5) is 17.7. The Bertz CT molecular complexity index is 360. The lowest BCUT2D eigenvalue weighted by Gasteiger charge is -2.16. The Morgan fingerprint density at radius 3 is 2.80 bits per heavy atom. The van der Waals surface area contributed by atoms with Crippen molar-refractivity contribution in [2.24, 2.45) is 5.84 Å². The Labute approximate surface area is 88.3 Å². The van der Waals surface area contributed by atoms with Crippen LogP contribution in [-0.2, 0) is 0 Å². The van der Waals surface area contributed by atoms with Gasteiger partial charge in [0.2, 0.25) is 0 Å². The van der Waals surface area contributed by atoms with Gasteiger partial charge < -0.3 is 4.90 Å². The number of hydrazine groups is 1. The van der Waals surface area contributed by atoms with E-state index in [1.807, 2.05) is 12.1 Å². The minimum absolute atomic E-state index is 0.351. The molecule has 0 unspecified atom stereocenters. The van der Waals surface area contributed by atoms with E-state index in [0.29, 0.717) is 5.69 Å². The van der Waals surface area contributed by atoms with E-state index in [2.05, 4.69) is 15.3 Å². The average Bonchev–Trinajstić information content (AvgIpc) is 2.82. The maximum atomic E-state index is 11.3. The highest BCUT2D eigenvalue weighted by atomic mass is 16.2. The molecule has 0 saturated carbocycles. The largest absolute Gasteiger partial charge is 0.357 e. The molecule has 1 aromatic rings. The molecule has 0 spiro atoms. The fraction of sp³-hybridized carbons (Fsp3) is 0.400. The van der Waals surface area contributed by atoms with Gasteiger partial charge in [-0.05, 0) is 25.0 Å². The number of carbonyl (C=O) groups is 1. The standard InChI is InChI=1S/C10H14N4O/c11-13-10(15)8-4-3-5-9(12-8)14-6-1-2-7-14/h3-5H,1-2,6-7,11H2,(H,13,15). The van der Waals surface area contributed by atoms with Gasteiger partial charge in [-0.25, -0.2) is 10.8 Å². The van der Waals surface area contributed by atoms with Crippen LogP contribution in [0.2, 0.25) is 0 Å². The summed E-state index contributed by atoms with van der Waals surface area (Å²) >= 11 is 0. The van der Waals surface area contributed by atoms with Crippen LogP contribution in [0.15, 0.2) is 18.2 Å². The number of nitrogens with one attached hydrogen (secondary N) is 1. The minimum Gasteiger partial charge on any atom is -0.357 e.